The van der Waals surface area contributed by atoms with Crippen molar-refractivity contribution in [1.82, 2.24) is 4.72 Å². The number of hydrogen-bond acceptors (Lipinski definition) is 4. The molecule has 0 spiro atoms. The molecule has 1 amide bonds. The maximum Gasteiger partial charge on any atom is 0.250 e. The van der Waals surface area contributed by atoms with Gasteiger partial charge in [0.1, 0.15) is 10.3 Å². The fourth-order valence-corrected chi connectivity index (χ4v) is 4.86. The molecular weight excluding hydrogens is 380 g/mol. The number of sulfonamides is 1. The molecule has 0 saturated carbocycles. The topological polar surface area (TPSA) is 75.3 Å². The number of amides is 1. The zero-order valence-corrected chi connectivity index (χ0v) is 16.4. The van der Waals surface area contributed by atoms with Crippen molar-refractivity contribution in [3.8, 4) is 0 Å². The summed E-state index contributed by atoms with van der Waals surface area (Å²) < 4.78 is 28.0. The maximum atomic E-state index is 12.8. The smallest absolute Gasteiger partial charge is 0.250 e. The Morgan fingerprint density at radius 3 is 2.48 bits per heavy atom. The largest absolute Gasteiger partial charge is 0.325 e. The maximum absolute atomic E-state index is 12.8. The van der Waals surface area contributed by atoms with Gasteiger partial charge in [-0.1, -0.05) is 48.5 Å². The van der Waals surface area contributed by atoms with Crippen molar-refractivity contribution in [1.29, 1.82) is 0 Å². The Balaban J connectivity index is 1.83. The molecule has 27 heavy (non-hydrogen) atoms. The molecule has 3 rings (SSSR count). The van der Waals surface area contributed by atoms with Gasteiger partial charge in [-0.05, 0) is 48.1 Å². The molecule has 0 radical (unpaired) electrons. The molecule has 1 atom stereocenters. The SMILES string of the molecule is Cc1cccc(NC(=O)C(Cc2ccccc2)NS(=O)(=O)c2cccs2)c1. The van der Waals surface area contributed by atoms with Crippen molar-refractivity contribution in [2.24, 2.45) is 0 Å². The van der Waals surface area contributed by atoms with Gasteiger partial charge in [-0.3, -0.25) is 4.79 Å². The number of rotatable bonds is 7. The van der Waals surface area contributed by atoms with E-state index in [2.05, 4.69) is 10.0 Å². The zero-order chi connectivity index (χ0) is 19.3. The molecule has 7 heteroatoms. The molecule has 3 aromatic rings. The van der Waals surface area contributed by atoms with E-state index >= 15 is 0 Å². The molecule has 0 saturated heterocycles. The molecule has 5 nitrogen and oxygen atoms in total. The van der Waals surface area contributed by atoms with E-state index < -0.39 is 22.0 Å². The second-order valence-electron chi connectivity index (χ2n) is 6.15. The highest BCUT2D eigenvalue weighted by molar-refractivity contribution is 7.91. The van der Waals surface area contributed by atoms with Gasteiger partial charge in [-0.15, -0.1) is 11.3 Å². The van der Waals surface area contributed by atoms with Crippen LogP contribution < -0.4 is 10.0 Å². The van der Waals surface area contributed by atoms with Gasteiger partial charge in [-0.25, -0.2) is 8.42 Å². The molecule has 2 N–H and O–H groups in total. The van der Waals surface area contributed by atoms with Crippen molar-refractivity contribution >= 4 is 33.0 Å². The monoisotopic (exact) mass is 400 g/mol. The van der Waals surface area contributed by atoms with Crippen LogP contribution in [0.3, 0.4) is 0 Å². The Morgan fingerprint density at radius 1 is 1.04 bits per heavy atom. The highest BCUT2D eigenvalue weighted by Crippen LogP contribution is 2.18. The molecule has 0 aliphatic rings. The lowest BCUT2D eigenvalue weighted by Crippen LogP contribution is -2.45. The summed E-state index contributed by atoms with van der Waals surface area (Å²) in [5.74, 6) is -0.399. The first-order valence-electron chi connectivity index (χ1n) is 8.41. The van der Waals surface area contributed by atoms with Crippen LogP contribution in [0, 0.1) is 6.92 Å². The van der Waals surface area contributed by atoms with Crippen LogP contribution in [-0.4, -0.2) is 20.4 Å². The van der Waals surface area contributed by atoms with Crippen LogP contribution in [0.15, 0.2) is 76.3 Å². The molecule has 1 heterocycles. The Labute approximate surface area is 163 Å². The molecule has 0 aliphatic carbocycles. The number of anilines is 1. The lowest BCUT2D eigenvalue weighted by Gasteiger charge is -2.18. The number of thiophene rings is 1. The lowest BCUT2D eigenvalue weighted by atomic mass is 10.1. The summed E-state index contributed by atoms with van der Waals surface area (Å²) in [4.78, 5) is 12.8. The normalized spacial score (nSPS) is 12.5. The average molecular weight is 401 g/mol. The zero-order valence-electron chi connectivity index (χ0n) is 14.8. The molecule has 140 valence electrons. The Morgan fingerprint density at radius 2 is 1.81 bits per heavy atom. The summed E-state index contributed by atoms with van der Waals surface area (Å²) in [5, 5.41) is 4.50. The number of carbonyl (C=O) groups excluding carboxylic acids is 1. The van der Waals surface area contributed by atoms with E-state index in [9.17, 15) is 13.2 Å². The molecule has 0 fully saturated rings. The van der Waals surface area contributed by atoms with Gasteiger partial charge in [0.05, 0.1) is 0 Å². The molecule has 2 aromatic carbocycles. The van der Waals surface area contributed by atoms with Gasteiger partial charge in [-0.2, -0.15) is 4.72 Å². The van der Waals surface area contributed by atoms with Gasteiger partial charge in [0.15, 0.2) is 0 Å². The summed E-state index contributed by atoms with van der Waals surface area (Å²) in [5.41, 5.74) is 2.51. The van der Waals surface area contributed by atoms with Crippen molar-refractivity contribution < 1.29 is 13.2 Å². The minimum absolute atomic E-state index is 0.184. The van der Waals surface area contributed by atoms with Gasteiger partial charge < -0.3 is 5.32 Å². The van der Waals surface area contributed by atoms with Crippen molar-refractivity contribution in [2.75, 3.05) is 5.32 Å². The standard InChI is InChI=1S/C20H20N2O3S2/c1-15-7-5-10-17(13-15)21-20(23)18(14-16-8-3-2-4-9-16)22-27(24,25)19-11-6-12-26-19/h2-13,18,22H,14H2,1H3,(H,21,23). The number of aryl methyl sites for hydroxylation is 1. The molecule has 0 aliphatic heterocycles. The lowest BCUT2D eigenvalue weighted by molar-refractivity contribution is -0.117. The quantitative estimate of drug-likeness (QED) is 0.636. The first-order valence-corrected chi connectivity index (χ1v) is 10.8. The van der Waals surface area contributed by atoms with Crippen LogP contribution in [0.5, 0.6) is 0 Å². The highest BCUT2D eigenvalue weighted by Gasteiger charge is 2.26. The number of benzene rings is 2. The summed E-state index contributed by atoms with van der Waals surface area (Å²) in [6.45, 7) is 1.93. The van der Waals surface area contributed by atoms with Gasteiger partial charge in [0.25, 0.3) is 10.0 Å². The van der Waals surface area contributed by atoms with E-state index in [4.69, 9.17) is 0 Å². The van der Waals surface area contributed by atoms with Crippen LogP contribution in [0.1, 0.15) is 11.1 Å². The van der Waals surface area contributed by atoms with Crippen LogP contribution in [0.4, 0.5) is 5.69 Å². The minimum Gasteiger partial charge on any atom is -0.325 e. The van der Waals surface area contributed by atoms with Crippen LogP contribution in [-0.2, 0) is 21.2 Å². The Hall–Kier alpha value is -2.48. The van der Waals surface area contributed by atoms with E-state index in [-0.39, 0.29) is 10.6 Å². The summed E-state index contributed by atoms with van der Waals surface area (Å²) >= 11 is 1.11. The second-order valence-corrected chi connectivity index (χ2v) is 9.04. The van der Waals surface area contributed by atoms with E-state index in [1.165, 1.54) is 6.07 Å². The predicted molar refractivity (Wildman–Crippen MR) is 108 cm³/mol. The van der Waals surface area contributed by atoms with Gasteiger partial charge in [0, 0.05) is 5.69 Å². The van der Waals surface area contributed by atoms with E-state index in [0.29, 0.717) is 5.69 Å². The van der Waals surface area contributed by atoms with Gasteiger partial charge >= 0.3 is 0 Å². The van der Waals surface area contributed by atoms with Crippen molar-refractivity contribution in [3.05, 3.63) is 83.2 Å². The fraction of sp³-hybridized carbons (Fsp3) is 0.150. The highest BCUT2D eigenvalue weighted by atomic mass is 32.2. The predicted octanol–water partition coefficient (Wildman–Crippen LogP) is 3.58. The first-order chi connectivity index (χ1) is 12.9. The molecule has 0 bridgehead atoms. The average Bonchev–Trinajstić information content (AvgIpc) is 3.17. The molecule has 1 unspecified atom stereocenters. The number of nitrogens with one attached hydrogen (secondary N) is 2. The van der Waals surface area contributed by atoms with E-state index in [0.717, 1.165) is 22.5 Å². The summed E-state index contributed by atoms with van der Waals surface area (Å²) in [7, 11) is -3.77. The summed E-state index contributed by atoms with van der Waals surface area (Å²) in [6.07, 6.45) is 0.253. The summed E-state index contributed by atoms with van der Waals surface area (Å²) in [6, 6.07) is 19.0. The molecule has 1 aromatic heterocycles. The number of hydrogen-bond donors (Lipinski definition) is 2. The fourth-order valence-electron chi connectivity index (χ4n) is 2.65. The first kappa shape index (κ1) is 19.3. The Bertz CT molecular complexity index is 1000. The Kier molecular flexibility index (Phi) is 6.05. The van der Waals surface area contributed by atoms with Crippen molar-refractivity contribution in [3.63, 3.8) is 0 Å². The third kappa shape index (κ3) is 5.26. The second kappa shape index (κ2) is 8.47. The van der Waals surface area contributed by atoms with Gasteiger partial charge in [0.2, 0.25) is 5.91 Å². The number of carbonyl (C=O) groups is 1. The van der Waals surface area contributed by atoms with Crippen LogP contribution in [0.25, 0.3) is 0 Å². The van der Waals surface area contributed by atoms with Crippen LogP contribution in [0.2, 0.25) is 0 Å². The molecular formula is C20H20N2O3S2. The minimum atomic E-state index is -3.77. The van der Waals surface area contributed by atoms with E-state index in [1.54, 1.807) is 17.5 Å². The van der Waals surface area contributed by atoms with Crippen LogP contribution >= 0.6 is 11.3 Å². The third-order valence-corrected chi connectivity index (χ3v) is 6.81. The third-order valence-electron chi connectivity index (χ3n) is 3.94. The van der Waals surface area contributed by atoms with Crippen molar-refractivity contribution in [2.45, 2.75) is 23.6 Å². The van der Waals surface area contributed by atoms with E-state index in [1.807, 2.05) is 55.5 Å².